The molecule has 1 aliphatic rings. The number of aromatic nitrogens is 2. The van der Waals surface area contributed by atoms with Crippen molar-refractivity contribution in [2.75, 3.05) is 7.11 Å². The number of rotatable bonds is 3. The van der Waals surface area contributed by atoms with Crippen molar-refractivity contribution in [1.82, 2.24) is 10.1 Å². The Morgan fingerprint density at radius 1 is 1.25 bits per heavy atom. The molecule has 5 nitrogen and oxygen atoms in total. The monoisotopic (exact) mass is 274 g/mol. The number of para-hydroxylation sites is 1. The minimum absolute atomic E-state index is 0.0360. The normalized spacial score (nSPS) is 16.2. The molecule has 1 heterocycles. The molecule has 5 heteroatoms. The maximum atomic E-state index is 10.1. The van der Waals surface area contributed by atoms with Crippen molar-refractivity contribution in [2.45, 2.75) is 38.0 Å². The summed E-state index contributed by atoms with van der Waals surface area (Å²) in [6.45, 7) is 0. The van der Waals surface area contributed by atoms with E-state index >= 15 is 0 Å². The van der Waals surface area contributed by atoms with Crippen molar-refractivity contribution in [3.63, 3.8) is 0 Å². The van der Waals surface area contributed by atoms with Gasteiger partial charge in [0, 0.05) is 5.92 Å². The second-order valence-corrected chi connectivity index (χ2v) is 5.15. The highest BCUT2D eigenvalue weighted by molar-refractivity contribution is 5.66. The molecule has 0 atom stereocenters. The summed E-state index contributed by atoms with van der Waals surface area (Å²) in [6, 6.07) is 5.23. The molecule has 1 aliphatic carbocycles. The van der Waals surface area contributed by atoms with Crippen LogP contribution in [0.25, 0.3) is 11.5 Å². The van der Waals surface area contributed by atoms with Crippen LogP contribution < -0.4 is 4.74 Å². The van der Waals surface area contributed by atoms with Gasteiger partial charge >= 0.3 is 0 Å². The summed E-state index contributed by atoms with van der Waals surface area (Å²) in [6.07, 6.45) is 5.96. The first-order valence-corrected chi connectivity index (χ1v) is 6.99. The van der Waals surface area contributed by atoms with Crippen LogP contribution in [0.3, 0.4) is 0 Å². The van der Waals surface area contributed by atoms with Gasteiger partial charge in [-0.05, 0) is 25.0 Å². The molecule has 0 amide bonds. The Morgan fingerprint density at radius 3 is 2.80 bits per heavy atom. The fourth-order valence-corrected chi connectivity index (χ4v) is 2.73. The van der Waals surface area contributed by atoms with Crippen molar-refractivity contribution < 1.29 is 14.4 Å². The van der Waals surface area contributed by atoms with Crippen molar-refractivity contribution in [1.29, 1.82) is 0 Å². The van der Waals surface area contributed by atoms with Crippen LogP contribution in [-0.4, -0.2) is 22.4 Å². The number of hydrogen-bond donors (Lipinski definition) is 1. The Balaban J connectivity index is 1.90. The minimum atomic E-state index is 0.0360. The average Bonchev–Trinajstić information content (AvgIpc) is 2.98. The molecule has 1 N–H and O–H groups in total. The number of methoxy groups -OCH3 is 1. The SMILES string of the molecule is COc1cccc(-c2nc(C3CCCCC3)no2)c1O. The lowest BCUT2D eigenvalue weighted by Gasteiger charge is -2.17. The second-order valence-electron chi connectivity index (χ2n) is 5.15. The topological polar surface area (TPSA) is 68.4 Å². The highest BCUT2D eigenvalue weighted by atomic mass is 16.5. The van der Waals surface area contributed by atoms with Gasteiger partial charge in [-0.3, -0.25) is 0 Å². The van der Waals surface area contributed by atoms with Gasteiger partial charge in [-0.15, -0.1) is 0 Å². The zero-order chi connectivity index (χ0) is 13.9. The fraction of sp³-hybridized carbons (Fsp3) is 0.467. The van der Waals surface area contributed by atoms with Crippen LogP contribution in [0.15, 0.2) is 22.7 Å². The van der Waals surface area contributed by atoms with E-state index in [1.54, 1.807) is 18.2 Å². The van der Waals surface area contributed by atoms with Gasteiger partial charge in [-0.2, -0.15) is 4.98 Å². The Morgan fingerprint density at radius 2 is 2.05 bits per heavy atom. The Bertz CT molecular complexity index is 589. The van der Waals surface area contributed by atoms with Crippen molar-refractivity contribution >= 4 is 0 Å². The zero-order valence-corrected chi connectivity index (χ0v) is 11.5. The molecule has 1 aromatic carbocycles. The highest BCUT2D eigenvalue weighted by Gasteiger charge is 2.22. The lowest BCUT2D eigenvalue weighted by molar-refractivity contribution is 0.369. The van der Waals surface area contributed by atoms with Gasteiger partial charge in [0.15, 0.2) is 17.3 Å². The van der Waals surface area contributed by atoms with Gasteiger partial charge in [0.25, 0.3) is 5.89 Å². The predicted octanol–water partition coefficient (Wildman–Crippen LogP) is 3.50. The zero-order valence-electron chi connectivity index (χ0n) is 11.5. The van der Waals surface area contributed by atoms with Gasteiger partial charge in [0.1, 0.15) is 0 Å². The van der Waals surface area contributed by atoms with Crippen molar-refractivity contribution in [3.8, 4) is 23.0 Å². The van der Waals surface area contributed by atoms with Crippen molar-refractivity contribution in [2.24, 2.45) is 0 Å². The van der Waals surface area contributed by atoms with Crippen LogP contribution in [0.2, 0.25) is 0 Å². The van der Waals surface area contributed by atoms with Gasteiger partial charge in [0.2, 0.25) is 0 Å². The number of hydrogen-bond acceptors (Lipinski definition) is 5. The quantitative estimate of drug-likeness (QED) is 0.927. The summed E-state index contributed by atoms with van der Waals surface area (Å²) in [5, 5.41) is 14.2. The van der Waals surface area contributed by atoms with E-state index in [4.69, 9.17) is 9.26 Å². The van der Waals surface area contributed by atoms with E-state index in [9.17, 15) is 5.11 Å². The second kappa shape index (κ2) is 5.53. The van der Waals surface area contributed by atoms with E-state index in [1.165, 1.54) is 26.4 Å². The minimum Gasteiger partial charge on any atom is -0.504 e. The van der Waals surface area contributed by atoms with Gasteiger partial charge in [-0.1, -0.05) is 30.5 Å². The molecule has 3 rings (SSSR count). The van der Waals surface area contributed by atoms with Crippen LogP contribution in [0, 0.1) is 0 Å². The molecule has 106 valence electrons. The summed E-state index contributed by atoms with van der Waals surface area (Å²) in [7, 11) is 1.51. The maximum absolute atomic E-state index is 10.1. The number of aromatic hydroxyl groups is 1. The first kappa shape index (κ1) is 13.0. The molecule has 1 saturated carbocycles. The lowest BCUT2D eigenvalue weighted by Crippen LogP contribution is -2.06. The van der Waals surface area contributed by atoms with Crippen LogP contribution >= 0.6 is 0 Å². The molecular formula is C15H18N2O3. The molecule has 1 aromatic heterocycles. The smallest absolute Gasteiger partial charge is 0.261 e. The van der Waals surface area contributed by atoms with Gasteiger partial charge in [0.05, 0.1) is 12.7 Å². The maximum Gasteiger partial charge on any atom is 0.261 e. The Labute approximate surface area is 117 Å². The molecule has 0 saturated heterocycles. The van der Waals surface area contributed by atoms with Gasteiger partial charge in [-0.25, -0.2) is 0 Å². The number of nitrogens with zero attached hydrogens (tertiary/aromatic N) is 2. The number of phenols is 1. The van der Waals surface area contributed by atoms with E-state index < -0.39 is 0 Å². The third-order valence-corrected chi connectivity index (χ3v) is 3.86. The van der Waals surface area contributed by atoms with E-state index in [0.29, 0.717) is 23.1 Å². The molecule has 20 heavy (non-hydrogen) atoms. The summed E-state index contributed by atoms with van der Waals surface area (Å²) in [5.41, 5.74) is 0.513. The Hall–Kier alpha value is -2.04. The third kappa shape index (κ3) is 2.35. The van der Waals surface area contributed by atoms with E-state index in [0.717, 1.165) is 18.7 Å². The lowest BCUT2D eigenvalue weighted by atomic mass is 9.89. The molecule has 0 radical (unpaired) electrons. The molecule has 0 unspecified atom stereocenters. The third-order valence-electron chi connectivity index (χ3n) is 3.86. The number of ether oxygens (including phenoxy) is 1. The van der Waals surface area contributed by atoms with Gasteiger partial charge < -0.3 is 14.4 Å². The van der Waals surface area contributed by atoms with E-state index in [1.807, 2.05) is 0 Å². The van der Waals surface area contributed by atoms with E-state index in [-0.39, 0.29) is 5.75 Å². The molecule has 0 aliphatic heterocycles. The molecule has 1 fully saturated rings. The predicted molar refractivity (Wildman–Crippen MR) is 73.8 cm³/mol. The summed E-state index contributed by atoms with van der Waals surface area (Å²) < 4.78 is 10.4. The summed E-state index contributed by atoms with van der Waals surface area (Å²) in [4.78, 5) is 4.45. The molecule has 0 spiro atoms. The fourth-order valence-electron chi connectivity index (χ4n) is 2.73. The van der Waals surface area contributed by atoms with Crippen LogP contribution in [0.1, 0.15) is 43.8 Å². The van der Waals surface area contributed by atoms with E-state index in [2.05, 4.69) is 10.1 Å². The molecule has 2 aromatic rings. The van der Waals surface area contributed by atoms with Crippen LogP contribution in [0.4, 0.5) is 0 Å². The average molecular weight is 274 g/mol. The number of benzene rings is 1. The van der Waals surface area contributed by atoms with Crippen LogP contribution in [0.5, 0.6) is 11.5 Å². The number of phenolic OH excluding ortho intramolecular Hbond substituents is 1. The first-order chi connectivity index (χ1) is 9.79. The standard InChI is InChI=1S/C15H18N2O3/c1-19-12-9-5-8-11(13(12)18)15-16-14(17-20-15)10-6-3-2-4-7-10/h5,8-10,18H,2-4,6-7H2,1H3. The first-order valence-electron chi connectivity index (χ1n) is 6.99. The molecule has 0 bridgehead atoms. The summed E-state index contributed by atoms with van der Waals surface area (Å²) >= 11 is 0. The highest BCUT2D eigenvalue weighted by Crippen LogP contribution is 2.37. The Kier molecular flexibility index (Phi) is 3.58. The largest absolute Gasteiger partial charge is 0.504 e. The molecular weight excluding hydrogens is 256 g/mol. The van der Waals surface area contributed by atoms with Crippen LogP contribution in [-0.2, 0) is 0 Å². The van der Waals surface area contributed by atoms with Crippen molar-refractivity contribution in [3.05, 3.63) is 24.0 Å². The summed E-state index contributed by atoms with van der Waals surface area (Å²) in [5.74, 6) is 1.92.